The molecular weight excluding hydrogens is 528 g/mol. The zero-order chi connectivity index (χ0) is 29.7. The summed E-state index contributed by atoms with van der Waals surface area (Å²) in [5.41, 5.74) is 1.64. The van der Waals surface area contributed by atoms with Crippen LogP contribution >= 0.6 is 0 Å². The molecule has 1 N–H and O–H groups in total. The van der Waals surface area contributed by atoms with E-state index in [-0.39, 0.29) is 18.7 Å². The molecule has 2 heterocycles. The van der Waals surface area contributed by atoms with Crippen molar-refractivity contribution < 1.29 is 38.0 Å². The lowest BCUT2D eigenvalue weighted by Crippen LogP contribution is -2.49. The third-order valence-corrected chi connectivity index (χ3v) is 7.12. The summed E-state index contributed by atoms with van der Waals surface area (Å²) in [6.45, 7) is 8.03. The molecule has 0 bridgehead atoms. The van der Waals surface area contributed by atoms with Gasteiger partial charge in [-0.25, -0.2) is 4.79 Å². The number of carbonyl (C=O) groups excluding carboxylic acids is 2. The highest BCUT2D eigenvalue weighted by Crippen LogP contribution is 2.42. The number of hydrogen-bond donors (Lipinski definition) is 1. The summed E-state index contributed by atoms with van der Waals surface area (Å²) < 4.78 is 33.3. The van der Waals surface area contributed by atoms with Crippen molar-refractivity contribution in [2.24, 2.45) is 5.92 Å². The van der Waals surface area contributed by atoms with E-state index in [0.29, 0.717) is 35.2 Å². The van der Waals surface area contributed by atoms with Crippen molar-refractivity contribution in [2.45, 2.75) is 58.3 Å². The first-order valence-corrected chi connectivity index (χ1v) is 13.7. The number of carbonyl (C=O) groups is 2. The van der Waals surface area contributed by atoms with E-state index < -0.39 is 23.7 Å². The summed E-state index contributed by atoms with van der Waals surface area (Å²) >= 11 is 0. The van der Waals surface area contributed by atoms with Crippen LogP contribution in [-0.2, 0) is 14.3 Å². The van der Waals surface area contributed by atoms with Crippen molar-refractivity contribution in [3.05, 3.63) is 41.5 Å². The van der Waals surface area contributed by atoms with Crippen LogP contribution in [0.4, 0.5) is 10.5 Å². The van der Waals surface area contributed by atoms with Crippen LogP contribution in [0.25, 0.3) is 12.2 Å². The van der Waals surface area contributed by atoms with Crippen LogP contribution in [0.2, 0.25) is 0 Å². The molecule has 222 valence electrons. The number of amides is 2. The molecule has 10 nitrogen and oxygen atoms in total. The van der Waals surface area contributed by atoms with E-state index in [0.717, 1.165) is 24.0 Å². The predicted molar refractivity (Wildman–Crippen MR) is 156 cm³/mol. The Morgan fingerprint density at radius 3 is 2.44 bits per heavy atom. The average molecular weight is 569 g/mol. The van der Waals surface area contributed by atoms with E-state index in [1.54, 1.807) is 39.2 Å². The topological polar surface area (TPSA) is 105 Å². The molecule has 0 radical (unpaired) electrons. The van der Waals surface area contributed by atoms with Gasteiger partial charge in [-0.3, -0.25) is 4.79 Å². The van der Waals surface area contributed by atoms with Crippen molar-refractivity contribution in [3.63, 3.8) is 0 Å². The summed E-state index contributed by atoms with van der Waals surface area (Å²) in [7, 11) is 4.70. The smallest absolute Gasteiger partial charge is 0.410 e. The van der Waals surface area contributed by atoms with Gasteiger partial charge in [-0.1, -0.05) is 25.1 Å². The predicted octanol–water partition coefficient (Wildman–Crippen LogP) is 5.59. The van der Waals surface area contributed by atoms with Gasteiger partial charge in [0.05, 0.1) is 38.0 Å². The minimum Gasteiger partial charge on any atom is -0.495 e. The van der Waals surface area contributed by atoms with E-state index >= 15 is 0 Å². The van der Waals surface area contributed by atoms with E-state index in [1.165, 1.54) is 0 Å². The molecule has 4 rings (SSSR count). The standard InChI is InChI=1S/C31H40N2O8/c1-19(27(38-7)23-9-8-14-33(23)30(35)41-31(2,3)4)29(34)32-22-15-20(12-13-24(22)36-5)10-11-21-16-25(37-6)28-26(17-21)39-18-40-28/h10-13,15-17,19,23,27H,8-9,14,18H2,1-7H3,(H,32,34)/b11-10-/t19-,23+,27-/m1/s1. The maximum atomic E-state index is 13.5. The van der Waals surface area contributed by atoms with Crippen LogP contribution in [0.5, 0.6) is 23.0 Å². The zero-order valence-electron chi connectivity index (χ0n) is 24.8. The van der Waals surface area contributed by atoms with Crippen LogP contribution in [-0.4, -0.2) is 69.3 Å². The van der Waals surface area contributed by atoms with Crippen molar-refractivity contribution in [3.8, 4) is 23.0 Å². The summed E-state index contributed by atoms with van der Waals surface area (Å²) in [6, 6.07) is 9.01. The Kier molecular flexibility index (Phi) is 9.32. The van der Waals surface area contributed by atoms with E-state index in [2.05, 4.69) is 5.32 Å². The number of nitrogens with zero attached hydrogens (tertiary/aromatic N) is 1. The lowest BCUT2D eigenvalue weighted by atomic mass is 9.95. The van der Waals surface area contributed by atoms with Gasteiger partial charge in [0.15, 0.2) is 11.5 Å². The van der Waals surface area contributed by atoms with Gasteiger partial charge in [0.25, 0.3) is 0 Å². The first-order valence-electron chi connectivity index (χ1n) is 13.7. The molecule has 2 aromatic rings. The molecule has 0 saturated carbocycles. The molecule has 3 atom stereocenters. The lowest BCUT2D eigenvalue weighted by molar-refractivity contribution is -0.125. The number of fused-ring (bicyclic) bond motifs is 1. The lowest BCUT2D eigenvalue weighted by Gasteiger charge is -2.34. The molecule has 10 heteroatoms. The van der Waals surface area contributed by atoms with Gasteiger partial charge in [0.2, 0.25) is 18.4 Å². The maximum absolute atomic E-state index is 13.5. The van der Waals surface area contributed by atoms with Gasteiger partial charge < -0.3 is 38.6 Å². The first-order chi connectivity index (χ1) is 19.5. The fourth-order valence-electron chi connectivity index (χ4n) is 5.14. The van der Waals surface area contributed by atoms with Gasteiger partial charge in [-0.05, 0) is 69.0 Å². The summed E-state index contributed by atoms with van der Waals surface area (Å²) in [4.78, 5) is 28.0. The average Bonchev–Trinajstić information content (AvgIpc) is 3.61. The Morgan fingerprint density at radius 2 is 1.76 bits per heavy atom. The van der Waals surface area contributed by atoms with Gasteiger partial charge in [-0.2, -0.15) is 0 Å². The highest BCUT2D eigenvalue weighted by Gasteiger charge is 2.41. The van der Waals surface area contributed by atoms with E-state index in [9.17, 15) is 9.59 Å². The number of rotatable bonds is 9. The highest BCUT2D eigenvalue weighted by atomic mass is 16.7. The summed E-state index contributed by atoms with van der Waals surface area (Å²) in [5.74, 6) is 1.54. The SMILES string of the molecule is COc1ccc(/C=C\c2cc(OC)c3c(c2)OCO3)cc1NC(=O)[C@H](C)[C@@H](OC)[C@@H]1CCCN1C(=O)OC(C)(C)C. The van der Waals surface area contributed by atoms with Crippen molar-refractivity contribution >= 4 is 29.8 Å². The van der Waals surface area contributed by atoms with Crippen molar-refractivity contribution in [1.82, 2.24) is 4.90 Å². The van der Waals surface area contributed by atoms with Crippen LogP contribution in [0, 0.1) is 5.92 Å². The second-order valence-electron chi connectivity index (χ2n) is 11.1. The molecule has 41 heavy (non-hydrogen) atoms. The van der Waals surface area contributed by atoms with Crippen LogP contribution in [0.1, 0.15) is 51.7 Å². The normalized spacial score (nSPS) is 17.8. The second kappa shape index (κ2) is 12.7. The number of benzene rings is 2. The molecule has 2 aliphatic rings. The molecule has 2 amide bonds. The minimum absolute atomic E-state index is 0.155. The molecule has 1 fully saturated rings. The van der Waals surface area contributed by atoms with E-state index in [1.807, 2.05) is 57.2 Å². The molecule has 0 aromatic heterocycles. The summed E-state index contributed by atoms with van der Waals surface area (Å²) in [5, 5.41) is 3.00. The van der Waals surface area contributed by atoms with Crippen LogP contribution in [0.15, 0.2) is 30.3 Å². The minimum atomic E-state index is -0.611. The number of anilines is 1. The van der Waals surface area contributed by atoms with Crippen molar-refractivity contribution in [2.75, 3.05) is 40.0 Å². The van der Waals surface area contributed by atoms with Gasteiger partial charge in [-0.15, -0.1) is 0 Å². The van der Waals surface area contributed by atoms with Crippen LogP contribution in [0.3, 0.4) is 0 Å². The number of hydrogen-bond acceptors (Lipinski definition) is 8. The largest absolute Gasteiger partial charge is 0.495 e. The fourth-order valence-corrected chi connectivity index (χ4v) is 5.14. The van der Waals surface area contributed by atoms with Gasteiger partial charge in [0, 0.05) is 13.7 Å². The molecule has 0 spiro atoms. The zero-order valence-corrected chi connectivity index (χ0v) is 24.8. The fraction of sp³-hybridized carbons (Fsp3) is 0.484. The number of nitrogens with one attached hydrogen (secondary N) is 1. The molecular formula is C31H40N2O8. The van der Waals surface area contributed by atoms with E-state index in [4.69, 9.17) is 28.4 Å². The number of ether oxygens (including phenoxy) is 6. The molecule has 2 aliphatic heterocycles. The molecule has 0 unspecified atom stereocenters. The van der Waals surface area contributed by atoms with Gasteiger partial charge >= 0.3 is 6.09 Å². The number of likely N-dealkylation sites (tertiary alicyclic amines) is 1. The Hall–Kier alpha value is -3.92. The van der Waals surface area contributed by atoms with Crippen molar-refractivity contribution in [1.29, 1.82) is 0 Å². The monoisotopic (exact) mass is 568 g/mol. The first kappa shape index (κ1) is 30.0. The van der Waals surface area contributed by atoms with Gasteiger partial charge in [0.1, 0.15) is 11.4 Å². The summed E-state index contributed by atoms with van der Waals surface area (Å²) in [6.07, 6.45) is 4.48. The molecule has 2 aromatic carbocycles. The number of methoxy groups -OCH3 is 3. The Bertz CT molecular complexity index is 1290. The molecule has 0 aliphatic carbocycles. The third kappa shape index (κ3) is 7.05. The third-order valence-electron chi connectivity index (χ3n) is 7.12. The maximum Gasteiger partial charge on any atom is 0.410 e. The highest BCUT2D eigenvalue weighted by molar-refractivity contribution is 5.95. The Labute approximate surface area is 241 Å². The Balaban J connectivity index is 1.49. The van der Waals surface area contributed by atoms with Crippen LogP contribution < -0.4 is 24.3 Å². The second-order valence-corrected chi connectivity index (χ2v) is 11.1. The Morgan fingerprint density at radius 1 is 1.02 bits per heavy atom. The molecule has 1 saturated heterocycles. The quantitative estimate of drug-likeness (QED) is 0.390.